The molecule has 0 saturated carbocycles. The zero-order chi connectivity index (χ0) is 20.4. The Morgan fingerprint density at radius 3 is 1.96 bits per heavy atom. The second-order valence-corrected chi connectivity index (χ2v) is 5.75. The topological polar surface area (TPSA) is 104 Å². The van der Waals surface area contributed by atoms with Crippen LogP contribution in [0.25, 0.3) is 0 Å². The molecule has 9 heteroatoms. The van der Waals surface area contributed by atoms with Gasteiger partial charge in [0.2, 0.25) is 5.41 Å². The first-order valence-electron chi connectivity index (χ1n) is 9.35. The van der Waals surface area contributed by atoms with Crippen molar-refractivity contribution in [2.45, 2.75) is 47.3 Å². The van der Waals surface area contributed by atoms with Gasteiger partial charge in [0.1, 0.15) is 5.84 Å². The van der Waals surface area contributed by atoms with Crippen molar-refractivity contribution >= 4 is 23.7 Å². The van der Waals surface area contributed by atoms with Gasteiger partial charge in [-0.2, -0.15) is 0 Å². The van der Waals surface area contributed by atoms with E-state index in [1.807, 2.05) is 13.8 Å². The van der Waals surface area contributed by atoms with Crippen molar-refractivity contribution in [1.82, 2.24) is 4.90 Å². The van der Waals surface area contributed by atoms with Gasteiger partial charge in [-0.05, 0) is 34.6 Å². The van der Waals surface area contributed by atoms with E-state index in [9.17, 15) is 14.4 Å². The molecule has 1 aliphatic heterocycles. The number of rotatable bonds is 9. The first-order chi connectivity index (χ1) is 12.9. The van der Waals surface area contributed by atoms with Gasteiger partial charge in [0, 0.05) is 13.1 Å². The first kappa shape index (κ1) is 22.9. The highest BCUT2D eigenvalue weighted by atomic mass is 16.6. The van der Waals surface area contributed by atoms with Crippen LogP contribution in [0.1, 0.15) is 41.0 Å². The predicted octanol–water partition coefficient (Wildman–Crippen LogP) is 1.15. The summed E-state index contributed by atoms with van der Waals surface area (Å²) in [6, 6.07) is 0. The largest absolute Gasteiger partial charge is 0.466 e. The van der Waals surface area contributed by atoms with Crippen LogP contribution in [-0.4, -0.2) is 74.4 Å². The maximum Gasteiger partial charge on any atom is 0.333 e. The van der Waals surface area contributed by atoms with E-state index in [1.54, 1.807) is 25.7 Å². The normalized spacial score (nSPS) is 18.3. The molecule has 0 aromatic carbocycles. The van der Waals surface area contributed by atoms with E-state index < -0.39 is 29.6 Å². The summed E-state index contributed by atoms with van der Waals surface area (Å²) in [7, 11) is 0. The average molecular weight is 386 g/mol. The highest BCUT2D eigenvalue weighted by molar-refractivity contribution is 6.21. The molecule has 154 valence electrons. The summed E-state index contributed by atoms with van der Waals surface area (Å²) in [6.45, 7) is 9.89. The van der Waals surface area contributed by atoms with Crippen LogP contribution < -0.4 is 0 Å². The van der Waals surface area contributed by atoms with Gasteiger partial charge in [0.25, 0.3) is 0 Å². The quantitative estimate of drug-likeness (QED) is 0.330. The molecule has 0 aromatic rings. The number of amidine groups is 1. The third-order valence-corrected chi connectivity index (χ3v) is 4.10. The lowest BCUT2D eigenvalue weighted by Gasteiger charge is -2.39. The average Bonchev–Trinajstić information content (AvgIpc) is 2.63. The van der Waals surface area contributed by atoms with Crippen molar-refractivity contribution in [2.75, 3.05) is 39.5 Å². The van der Waals surface area contributed by atoms with Crippen LogP contribution in [0.15, 0.2) is 4.99 Å². The number of hydrogen-bond acceptors (Lipinski definition) is 9. The molecule has 1 aliphatic rings. The zero-order valence-corrected chi connectivity index (χ0v) is 16.8. The van der Waals surface area contributed by atoms with Crippen LogP contribution in [-0.2, 0) is 33.3 Å². The van der Waals surface area contributed by atoms with Gasteiger partial charge in [0.15, 0.2) is 6.23 Å². The van der Waals surface area contributed by atoms with Crippen LogP contribution in [0, 0.1) is 5.41 Å². The van der Waals surface area contributed by atoms with E-state index in [1.165, 1.54) is 0 Å². The van der Waals surface area contributed by atoms with E-state index in [2.05, 4.69) is 4.99 Å². The Labute approximate surface area is 160 Å². The van der Waals surface area contributed by atoms with Crippen molar-refractivity contribution in [1.29, 1.82) is 0 Å². The maximum absolute atomic E-state index is 12.8. The van der Waals surface area contributed by atoms with Gasteiger partial charge >= 0.3 is 17.9 Å². The highest BCUT2D eigenvalue weighted by Crippen LogP contribution is 2.32. The van der Waals surface area contributed by atoms with Crippen molar-refractivity contribution in [2.24, 2.45) is 10.4 Å². The van der Waals surface area contributed by atoms with Crippen molar-refractivity contribution in [3.63, 3.8) is 0 Å². The van der Waals surface area contributed by atoms with E-state index >= 15 is 0 Å². The fourth-order valence-corrected chi connectivity index (χ4v) is 2.80. The minimum atomic E-state index is -1.82. The lowest BCUT2D eigenvalue weighted by atomic mass is 9.85. The Morgan fingerprint density at radius 1 is 1.00 bits per heavy atom. The zero-order valence-electron chi connectivity index (χ0n) is 16.8. The summed E-state index contributed by atoms with van der Waals surface area (Å²) in [6.07, 6.45) is -0.961. The predicted molar refractivity (Wildman–Crippen MR) is 97.0 cm³/mol. The summed E-state index contributed by atoms with van der Waals surface area (Å²) in [5.74, 6) is -1.82. The fraction of sp³-hybridized carbons (Fsp3) is 0.778. The number of esters is 3. The molecule has 1 unspecified atom stereocenters. The molecule has 0 radical (unpaired) electrons. The molecule has 0 aromatic heterocycles. The molecule has 0 amide bonds. The Balaban J connectivity index is 3.39. The van der Waals surface area contributed by atoms with Gasteiger partial charge in [0.05, 0.1) is 32.8 Å². The molecule has 0 spiro atoms. The molecule has 0 fully saturated rings. The minimum absolute atomic E-state index is 0.0950. The van der Waals surface area contributed by atoms with E-state index in [0.29, 0.717) is 13.1 Å². The summed E-state index contributed by atoms with van der Waals surface area (Å²) < 4.78 is 20.8. The number of ether oxygens (including phenoxy) is 4. The number of hydrogen-bond donors (Lipinski definition) is 0. The van der Waals surface area contributed by atoms with Gasteiger partial charge in [-0.1, -0.05) is 0 Å². The Kier molecular flexibility index (Phi) is 9.20. The van der Waals surface area contributed by atoms with E-state index in [4.69, 9.17) is 18.9 Å². The monoisotopic (exact) mass is 386 g/mol. The van der Waals surface area contributed by atoms with Crippen molar-refractivity contribution < 1.29 is 33.3 Å². The second kappa shape index (κ2) is 10.9. The van der Waals surface area contributed by atoms with Crippen LogP contribution in [0.4, 0.5) is 0 Å². The Morgan fingerprint density at radius 2 is 1.52 bits per heavy atom. The first-order valence-corrected chi connectivity index (χ1v) is 9.35. The maximum atomic E-state index is 12.8. The highest BCUT2D eigenvalue weighted by Gasteiger charge is 2.58. The molecule has 0 bridgehead atoms. The van der Waals surface area contributed by atoms with Crippen LogP contribution in [0.2, 0.25) is 0 Å². The lowest BCUT2D eigenvalue weighted by molar-refractivity contribution is -0.174. The van der Waals surface area contributed by atoms with Crippen LogP contribution in [0.5, 0.6) is 0 Å². The number of carbonyl (C=O) groups is 3. The van der Waals surface area contributed by atoms with Crippen molar-refractivity contribution in [3.05, 3.63) is 0 Å². The van der Waals surface area contributed by atoms with Gasteiger partial charge in [-0.3, -0.25) is 14.4 Å². The van der Waals surface area contributed by atoms with Crippen molar-refractivity contribution in [3.8, 4) is 0 Å². The Hall–Kier alpha value is -2.16. The molecular formula is C18H30N2O7. The molecule has 1 heterocycles. The molecule has 1 rings (SSSR count). The molecule has 9 nitrogen and oxygen atoms in total. The van der Waals surface area contributed by atoms with Gasteiger partial charge < -0.3 is 23.8 Å². The third-order valence-electron chi connectivity index (χ3n) is 4.10. The summed E-state index contributed by atoms with van der Waals surface area (Å²) in [5.41, 5.74) is -1.82. The second-order valence-electron chi connectivity index (χ2n) is 5.75. The summed E-state index contributed by atoms with van der Waals surface area (Å²) in [4.78, 5) is 43.6. The summed E-state index contributed by atoms with van der Waals surface area (Å²) >= 11 is 0. The molecular weight excluding hydrogens is 356 g/mol. The van der Waals surface area contributed by atoms with E-state index in [-0.39, 0.29) is 38.7 Å². The Bertz CT molecular complexity index is 540. The molecule has 0 saturated heterocycles. The van der Waals surface area contributed by atoms with E-state index in [0.717, 1.165) is 0 Å². The molecule has 27 heavy (non-hydrogen) atoms. The number of carbonyl (C=O) groups excluding carboxylic acids is 3. The number of aliphatic imine (C=N–C) groups is 1. The van der Waals surface area contributed by atoms with Gasteiger partial charge in [-0.15, -0.1) is 0 Å². The third kappa shape index (κ3) is 5.18. The SMILES string of the molecule is CCOC(=O)CC1N=C(N(CC)CC)C(C(=O)OCC)(C(=O)OCC)CO1. The molecule has 0 aliphatic carbocycles. The van der Waals surface area contributed by atoms with Gasteiger partial charge in [-0.25, -0.2) is 4.99 Å². The molecule has 0 N–H and O–H groups in total. The smallest absolute Gasteiger partial charge is 0.333 e. The van der Waals surface area contributed by atoms with Crippen LogP contribution >= 0.6 is 0 Å². The number of nitrogens with zero attached hydrogens (tertiary/aromatic N) is 2. The standard InChI is InChI=1S/C18H30N2O7/c1-6-20(7-2)15-18(16(22)25-9-4,17(23)26-10-5)12-27-13(19-15)11-14(21)24-8-3/h13H,6-12H2,1-5H3. The lowest BCUT2D eigenvalue weighted by Crippen LogP contribution is -2.60. The van der Waals surface area contributed by atoms with Crippen LogP contribution in [0.3, 0.4) is 0 Å². The molecule has 1 atom stereocenters. The summed E-state index contributed by atoms with van der Waals surface area (Å²) in [5, 5.41) is 0. The fourth-order valence-electron chi connectivity index (χ4n) is 2.80. The minimum Gasteiger partial charge on any atom is -0.466 e.